The summed E-state index contributed by atoms with van der Waals surface area (Å²) in [6.45, 7) is 22.6. The molecule has 3 heterocycles. The van der Waals surface area contributed by atoms with Crippen molar-refractivity contribution in [3.05, 3.63) is 234 Å². The van der Waals surface area contributed by atoms with Gasteiger partial charge in [0.05, 0.1) is 11.4 Å². The van der Waals surface area contributed by atoms with Crippen LogP contribution in [-0.4, -0.2) is 14.1 Å². The van der Waals surface area contributed by atoms with Crippen molar-refractivity contribution in [3.63, 3.8) is 0 Å². The molecule has 0 aliphatic carbocycles. The van der Waals surface area contributed by atoms with Gasteiger partial charge in [-0.25, -0.2) is 4.98 Å². The van der Waals surface area contributed by atoms with Gasteiger partial charge in [0.25, 0.3) is 6.33 Å². The Balaban J connectivity index is 0.00000608. The molecule has 0 saturated carbocycles. The summed E-state index contributed by atoms with van der Waals surface area (Å²) in [4.78, 5) is 4.97. The molecule has 0 bridgehead atoms. The molecule has 0 amide bonds. The third-order valence-corrected chi connectivity index (χ3v) is 13.9. The first-order chi connectivity index (χ1) is 32.9. The van der Waals surface area contributed by atoms with Crippen molar-refractivity contribution in [2.24, 2.45) is 0 Å². The van der Waals surface area contributed by atoms with E-state index >= 15 is 0 Å². The molecule has 0 aliphatic heterocycles. The van der Waals surface area contributed by atoms with E-state index in [1.54, 1.807) is 0 Å². The fourth-order valence-corrected chi connectivity index (χ4v) is 9.49. The summed E-state index contributed by atoms with van der Waals surface area (Å²) in [5.41, 5.74) is 12.3. The molecule has 70 heavy (non-hydrogen) atoms. The first kappa shape index (κ1) is 48.2. The number of fused-ring (bicyclic) bond motifs is 3. The molecule has 0 saturated heterocycles. The third-order valence-electron chi connectivity index (χ3n) is 13.9. The van der Waals surface area contributed by atoms with Crippen LogP contribution in [0.15, 0.2) is 182 Å². The Morgan fingerprint density at radius 2 is 1.14 bits per heavy atom. The zero-order chi connectivity index (χ0) is 48.3. The standard InChI is InChI=1S/C64H60N4O.Pt/c1-61(2,3)48-33-34-65-60(39-48)68-57-32-29-45(44-21-14-11-15-22-44)35-56(57)55-31-30-53(41-58(55)68)69-54-38-50(62(4,5)6)37-52(40-54)67-43-66(42-59(67)64(9,10)47-25-18-13-19-26-47)51-28-20-27-49(36-51)63(7,8)46-23-16-12-17-24-46;/h11-39,42H,1-10H3;/q-2;. The predicted molar refractivity (Wildman–Crippen MR) is 282 cm³/mol. The van der Waals surface area contributed by atoms with Gasteiger partial charge in [-0.2, -0.15) is 17.7 Å². The number of benzene rings is 7. The summed E-state index contributed by atoms with van der Waals surface area (Å²) in [6.07, 6.45) is 7.95. The van der Waals surface area contributed by atoms with Gasteiger partial charge in [-0.05, 0) is 85.6 Å². The number of hydrogen-bond donors (Lipinski definition) is 0. The topological polar surface area (TPSA) is 35.9 Å². The molecule has 10 rings (SSSR count). The smallest absolute Gasteiger partial charge is 0.267 e. The van der Waals surface area contributed by atoms with E-state index in [4.69, 9.17) is 9.72 Å². The number of nitrogens with zero attached hydrogens (tertiary/aromatic N) is 4. The zero-order valence-electron chi connectivity index (χ0n) is 41.8. The Morgan fingerprint density at radius 1 is 0.500 bits per heavy atom. The van der Waals surface area contributed by atoms with Crippen LogP contribution in [0.3, 0.4) is 0 Å². The molecule has 0 radical (unpaired) electrons. The Kier molecular flexibility index (Phi) is 12.7. The second-order valence-corrected chi connectivity index (χ2v) is 21.5. The van der Waals surface area contributed by atoms with Crippen LogP contribution in [0.2, 0.25) is 0 Å². The average Bonchev–Trinajstić information content (AvgIpc) is 3.95. The molecule has 0 fully saturated rings. The number of aromatic nitrogens is 4. The minimum absolute atomic E-state index is 0. The molecule has 0 atom stereocenters. The minimum Gasteiger partial charge on any atom is -0.510 e. The summed E-state index contributed by atoms with van der Waals surface area (Å²) < 4.78 is 13.5. The molecular weight excluding hydrogens is 1040 g/mol. The molecule has 0 spiro atoms. The van der Waals surface area contributed by atoms with Crippen LogP contribution in [0.5, 0.6) is 11.5 Å². The zero-order valence-corrected chi connectivity index (χ0v) is 44.1. The van der Waals surface area contributed by atoms with Gasteiger partial charge in [-0.15, -0.1) is 29.7 Å². The van der Waals surface area contributed by atoms with Gasteiger partial charge in [0.2, 0.25) is 0 Å². The van der Waals surface area contributed by atoms with Crippen molar-refractivity contribution in [2.45, 2.75) is 90.9 Å². The second kappa shape index (κ2) is 18.5. The van der Waals surface area contributed by atoms with Crippen LogP contribution >= 0.6 is 0 Å². The van der Waals surface area contributed by atoms with E-state index in [2.05, 4.69) is 271 Å². The maximum Gasteiger partial charge on any atom is 0.267 e. The van der Waals surface area contributed by atoms with Gasteiger partial charge < -0.3 is 13.9 Å². The van der Waals surface area contributed by atoms with E-state index in [1.165, 1.54) is 27.8 Å². The molecule has 0 unspecified atom stereocenters. The van der Waals surface area contributed by atoms with Crippen LogP contribution in [0.1, 0.15) is 103 Å². The first-order valence-corrected chi connectivity index (χ1v) is 24.0. The van der Waals surface area contributed by atoms with Gasteiger partial charge in [-0.1, -0.05) is 190 Å². The first-order valence-electron chi connectivity index (χ1n) is 24.0. The molecular formula is C64H60N4OPt-2. The van der Waals surface area contributed by atoms with Crippen molar-refractivity contribution in [1.82, 2.24) is 14.1 Å². The van der Waals surface area contributed by atoms with Crippen LogP contribution in [0.25, 0.3) is 50.1 Å². The Hall–Kier alpha value is -6.81. The molecule has 3 aromatic heterocycles. The molecule has 10 aromatic rings. The second-order valence-electron chi connectivity index (χ2n) is 21.5. The largest absolute Gasteiger partial charge is 0.510 e. The number of hydrogen-bond acceptors (Lipinski definition) is 2. The van der Waals surface area contributed by atoms with Gasteiger partial charge >= 0.3 is 0 Å². The van der Waals surface area contributed by atoms with Crippen LogP contribution in [-0.2, 0) is 42.7 Å². The SMILES string of the molecule is CC(C)(C)c1cc(Oc2[c-]c3c(cc2)c2cc(-c4ccccc4)ccc2n3-c2cc(C(C)(C)C)ccn2)[c-]c(-n2[c-][n+](-c3cccc(C(C)(C)c4ccccc4)c3)cc2C(C)(C)c2ccccc2)c1.[Pt]. The molecule has 354 valence electrons. The van der Waals surface area contributed by atoms with Crippen molar-refractivity contribution >= 4 is 21.8 Å². The Labute approximate surface area is 428 Å². The quantitative estimate of drug-likeness (QED) is 0.101. The molecule has 6 heteroatoms. The molecule has 5 nitrogen and oxygen atoms in total. The van der Waals surface area contributed by atoms with Gasteiger partial charge in [-0.3, -0.25) is 4.57 Å². The van der Waals surface area contributed by atoms with Gasteiger partial charge in [0, 0.05) is 61.3 Å². The van der Waals surface area contributed by atoms with Crippen molar-refractivity contribution in [1.29, 1.82) is 0 Å². The normalized spacial score (nSPS) is 12.3. The molecule has 7 aromatic carbocycles. The fourth-order valence-electron chi connectivity index (χ4n) is 9.49. The molecule has 0 N–H and O–H groups in total. The number of rotatable bonds is 10. The number of pyridine rings is 1. The third kappa shape index (κ3) is 9.20. The van der Waals surface area contributed by atoms with Crippen LogP contribution in [0, 0.1) is 18.5 Å². The number of imidazole rings is 1. The van der Waals surface area contributed by atoms with E-state index in [0.29, 0.717) is 11.5 Å². The van der Waals surface area contributed by atoms with Gasteiger partial charge in [0.1, 0.15) is 5.82 Å². The van der Waals surface area contributed by atoms with Crippen molar-refractivity contribution in [2.75, 3.05) is 0 Å². The summed E-state index contributed by atoms with van der Waals surface area (Å²) in [5, 5.41) is 2.20. The average molecular weight is 1100 g/mol. The van der Waals surface area contributed by atoms with E-state index in [0.717, 1.165) is 55.8 Å². The summed E-state index contributed by atoms with van der Waals surface area (Å²) in [7, 11) is 0. The minimum atomic E-state index is -0.415. The Bertz CT molecular complexity index is 3480. The summed E-state index contributed by atoms with van der Waals surface area (Å²) >= 11 is 0. The monoisotopic (exact) mass is 1100 g/mol. The summed E-state index contributed by atoms with van der Waals surface area (Å²) in [5.74, 6) is 2.02. The van der Waals surface area contributed by atoms with Gasteiger partial charge in [0.15, 0.2) is 0 Å². The van der Waals surface area contributed by atoms with E-state index in [9.17, 15) is 0 Å². The summed E-state index contributed by atoms with van der Waals surface area (Å²) in [6, 6.07) is 67.8. The Morgan fingerprint density at radius 3 is 1.81 bits per heavy atom. The van der Waals surface area contributed by atoms with Crippen molar-refractivity contribution < 1.29 is 30.4 Å². The molecule has 0 aliphatic rings. The maximum absolute atomic E-state index is 6.96. The fraction of sp³-hybridized carbons (Fsp3) is 0.219. The van der Waals surface area contributed by atoms with Crippen LogP contribution < -0.4 is 9.30 Å². The maximum atomic E-state index is 6.96. The predicted octanol–water partition coefficient (Wildman–Crippen LogP) is 15.4. The van der Waals surface area contributed by atoms with Crippen molar-refractivity contribution in [3.8, 4) is 39.8 Å². The van der Waals surface area contributed by atoms with E-state index in [-0.39, 0.29) is 37.3 Å². The van der Waals surface area contributed by atoms with E-state index in [1.807, 2.05) is 12.3 Å². The van der Waals surface area contributed by atoms with E-state index < -0.39 is 5.41 Å². The van der Waals surface area contributed by atoms with Crippen LogP contribution in [0.4, 0.5) is 0 Å². The number of ether oxygens (including phenoxy) is 1.